The first-order valence-corrected chi connectivity index (χ1v) is 9.98. The van der Waals surface area contributed by atoms with Crippen molar-refractivity contribution in [1.29, 1.82) is 0 Å². The molecule has 0 bridgehead atoms. The normalized spacial score (nSPS) is 17.0. The number of rotatable bonds is 9. The first-order valence-electron chi connectivity index (χ1n) is 9.98. The van der Waals surface area contributed by atoms with Crippen molar-refractivity contribution in [3.05, 3.63) is 0 Å². The van der Waals surface area contributed by atoms with Crippen LogP contribution in [-0.2, 0) is 0 Å². The molecule has 0 aliphatic rings. The Morgan fingerprint density at radius 3 is 1.12 bits per heavy atom. The van der Waals surface area contributed by atoms with Crippen LogP contribution in [-0.4, -0.2) is 47.0 Å². The van der Waals surface area contributed by atoms with Crippen LogP contribution in [0, 0.1) is 21.7 Å². The highest BCUT2D eigenvalue weighted by molar-refractivity contribution is 4.88. The van der Waals surface area contributed by atoms with E-state index in [1.165, 1.54) is 0 Å². The molecule has 2 atom stereocenters. The quantitative estimate of drug-likeness (QED) is 0.613. The van der Waals surface area contributed by atoms with Gasteiger partial charge in [-0.2, -0.15) is 0 Å². The predicted molar refractivity (Wildman–Crippen MR) is 110 cm³/mol. The van der Waals surface area contributed by atoms with Crippen LogP contribution in [0.25, 0.3) is 0 Å². The lowest BCUT2D eigenvalue weighted by molar-refractivity contribution is -0.0349. The van der Waals surface area contributed by atoms with Crippen molar-refractivity contribution in [2.75, 3.05) is 19.6 Å². The lowest BCUT2D eigenvalue weighted by atomic mass is 9.72. The Kier molecular flexibility index (Phi) is 8.67. The van der Waals surface area contributed by atoms with Crippen LogP contribution in [0.5, 0.6) is 0 Å². The van der Waals surface area contributed by atoms with Gasteiger partial charge in [0.1, 0.15) is 0 Å². The van der Waals surface area contributed by atoms with Gasteiger partial charge in [0.25, 0.3) is 0 Å². The first kappa shape index (κ1) is 24.9. The molecule has 0 heterocycles. The first-order chi connectivity index (χ1) is 10.9. The summed E-state index contributed by atoms with van der Waals surface area (Å²) in [5.41, 5.74) is 0.0978. The Hall–Kier alpha value is -0.120. The van der Waals surface area contributed by atoms with E-state index in [4.69, 9.17) is 0 Å². The molecule has 0 aliphatic heterocycles. The summed E-state index contributed by atoms with van der Waals surface area (Å²) < 4.78 is 0. The van der Waals surface area contributed by atoms with Crippen molar-refractivity contribution in [3.8, 4) is 0 Å². The SMILES string of the molecule is CCN(CC(O)C(C)(C)CC(C)(C)C)CC(O)C(C)(C)CC(C)(C)C. The molecule has 0 aromatic rings. The molecular weight excluding hydrogens is 310 g/mol. The standard InChI is InChI=1S/C22H47NO2/c1-12-23(13-17(24)21(8,9)15-19(2,3)4)14-18(25)22(10,11)16-20(5,6)7/h17-18,24-25H,12-16H2,1-11H3. The van der Waals surface area contributed by atoms with Crippen LogP contribution < -0.4 is 0 Å². The summed E-state index contributed by atoms with van der Waals surface area (Å²) in [7, 11) is 0. The number of hydrogen-bond acceptors (Lipinski definition) is 3. The molecule has 2 N–H and O–H groups in total. The second-order valence-electron chi connectivity index (χ2n) is 11.8. The van der Waals surface area contributed by atoms with E-state index < -0.39 is 12.2 Å². The van der Waals surface area contributed by atoms with E-state index in [1.807, 2.05) is 0 Å². The molecule has 0 amide bonds. The number of hydrogen-bond donors (Lipinski definition) is 2. The van der Waals surface area contributed by atoms with Gasteiger partial charge in [-0.15, -0.1) is 0 Å². The van der Waals surface area contributed by atoms with Gasteiger partial charge in [0.2, 0.25) is 0 Å². The Morgan fingerprint density at radius 1 is 0.640 bits per heavy atom. The Balaban J connectivity index is 4.89. The molecule has 0 radical (unpaired) electrons. The average Bonchev–Trinajstić information content (AvgIpc) is 2.31. The summed E-state index contributed by atoms with van der Waals surface area (Å²) in [6, 6.07) is 0. The van der Waals surface area contributed by atoms with Crippen molar-refractivity contribution in [2.45, 2.75) is 101 Å². The lowest BCUT2D eigenvalue weighted by Crippen LogP contribution is -2.47. The van der Waals surface area contributed by atoms with E-state index in [1.54, 1.807) is 0 Å². The van der Waals surface area contributed by atoms with Gasteiger partial charge < -0.3 is 10.2 Å². The topological polar surface area (TPSA) is 43.7 Å². The molecule has 25 heavy (non-hydrogen) atoms. The summed E-state index contributed by atoms with van der Waals surface area (Å²) in [5, 5.41) is 21.6. The van der Waals surface area contributed by atoms with Crippen LogP contribution in [0.1, 0.15) is 89.0 Å². The van der Waals surface area contributed by atoms with Crippen LogP contribution in [0.15, 0.2) is 0 Å². The monoisotopic (exact) mass is 357 g/mol. The fourth-order valence-corrected chi connectivity index (χ4v) is 4.29. The largest absolute Gasteiger partial charge is 0.391 e. The Labute approximate surface area is 158 Å². The number of aliphatic hydroxyl groups excluding tert-OH is 2. The maximum atomic E-state index is 10.8. The highest BCUT2D eigenvalue weighted by atomic mass is 16.3. The molecule has 152 valence electrons. The van der Waals surface area contributed by atoms with Gasteiger partial charge in [-0.25, -0.2) is 0 Å². The van der Waals surface area contributed by atoms with Gasteiger partial charge in [-0.1, -0.05) is 76.2 Å². The molecule has 0 spiro atoms. The van der Waals surface area contributed by atoms with Crippen LogP contribution in [0.2, 0.25) is 0 Å². The molecule has 0 saturated carbocycles. The molecule has 0 aromatic carbocycles. The fraction of sp³-hybridized carbons (Fsp3) is 1.00. The minimum atomic E-state index is -0.399. The highest BCUT2D eigenvalue weighted by Gasteiger charge is 2.36. The van der Waals surface area contributed by atoms with Crippen LogP contribution >= 0.6 is 0 Å². The van der Waals surface area contributed by atoms with Gasteiger partial charge in [-0.3, -0.25) is 4.90 Å². The molecule has 0 aromatic heterocycles. The molecular formula is C22H47NO2. The Morgan fingerprint density at radius 2 is 0.920 bits per heavy atom. The van der Waals surface area contributed by atoms with Crippen molar-refractivity contribution < 1.29 is 10.2 Å². The average molecular weight is 358 g/mol. The molecule has 3 heteroatoms. The summed E-state index contributed by atoms with van der Waals surface area (Å²) in [6.07, 6.45) is 1.14. The number of nitrogens with zero attached hydrogens (tertiary/aromatic N) is 1. The third kappa shape index (κ3) is 9.96. The smallest absolute Gasteiger partial charge is 0.0718 e. The van der Waals surface area contributed by atoms with Gasteiger partial charge in [-0.05, 0) is 41.0 Å². The van der Waals surface area contributed by atoms with E-state index in [0.29, 0.717) is 13.1 Å². The molecule has 2 unspecified atom stereocenters. The van der Waals surface area contributed by atoms with Crippen LogP contribution in [0.3, 0.4) is 0 Å². The van der Waals surface area contributed by atoms with Gasteiger partial charge in [0.15, 0.2) is 0 Å². The van der Waals surface area contributed by atoms with Crippen molar-refractivity contribution >= 4 is 0 Å². The van der Waals surface area contributed by atoms with E-state index in [2.05, 4.69) is 81.1 Å². The zero-order valence-corrected chi connectivity index (χ0v) is 19.0. The summed E-state index contributed by atoms with van der Waals surface area (Å²) in [5.74, 6) is 0. The van der Waals surface area contributed by atoms with Gasteiger partial charge >= 0.3 is 0 Å². The summed E-state index contributed by atoms with van der Waals surface area (Å²) in [4.78, 5) is 2.20. The van der Waals surface area contributed by atoms with Gasteiger partial charge in [0, 0.05) is 13.1 Å². The second-order valence-corrected chi connectivity index (χ2v) is 11.8. The van der Waals surface area contributed by atoms with Crippen molar-refractivity contribution in [3.63, 3.8) is 0 Å². The highest BCUT2D eigenvalue weighted by Crippen LogP contribution is 2.37. The van der Waals surface area contributed by atoms with Gasteiger partial charge in [0.05, 0.1) is 12.2 Å². The zero-order valence-electron chi connectivity index (χ0n) is 19.0. The van der Waals surface area contributed by atoms with Crippen LogP contribution in [0.4, 0.5) is 0 Å². The maximum absolute atomic E-state index is 10.8. The third-order valence-electron chi connectivity index (χ3n) is 5.09. The predicted octanol–water partition coefficient (Wildman–Crippen LogP) is 4.95. The molecule has 3 nitrogen and oxygen atoms in total. The second kappa shape index (κ2) is 8.71. The molecule has 0 rings (SSSR count). The summed E-state index contributed by atoms with van der Waals surface area (Å²) in [6.45, 7) is 26.1. The van der Waals surface area contributed by atoms with E-state index >= 15 is 0 Å². The van der Waals surface area contributed by atoms with E-state index in [-0.39, 0.29) is 21.7 Å². The van der Waals surface area contributed by atoms with Crippen molar-refractivity contribution in [2.24, 2.45) is 21.7 Å². The Bertz CT molecular complexity index is 352. The lowest BCUT2D eigenvalue weighted by Gasteiger charge is -2.41. The minimum absolute atomic E-state index is 0.141. The van der Waals surface area contributed by atoms with Crippen molar-refractivity contribution in [1.82, 2.24) is 4.90 Å². The number of aliphatic hydroxyl groups is 2. The van der Waals surface area contributed by atoms with E-state index in [9.17, 15) is 10.2 Å². The minimum Gasteiger partial charge on any atom is -0.391 e. The van der Waals surface area contributed by atoms with E-state index in [0.717, 1.165) is 19.4 Å². The molecule has 0 fully saturated rings. The molecule has 0 aliphatic carbocycles. The summed E-state index contributed by atoms with van der Waals surface area (Å²) >= 11 is 0. The number of likely N-dealkylation sites (N-methyl/N-ethyl adjacent to an activating group) is 1. The maximum Gasteiger partial charge on any atom is 0.0718 e. The third-order valence-corrected chi connectivity index (χ3v) is 5.09. The zero-order chi connectivity index (χ0) is 20.3. The fourth-order valence-electron chi connectivity index (χ4n) is 4.29. The molecule has 0 saturated heterocycles.